The molecule has 0 unspecified atom stereocenters. The van der Waals surface area contributed by atoms with Gasteiger partial charge in [0.25, 0.3) is 17.4 Å². The van der Waals surface area contributed by atoms with Gasteiger partial charge in [0.2, 0.25) is 0 Å². The quantitative estimate of drug-likeness (QED) is 0.309. The number of aliphatic hydroxyl groups is 2. The molecule has 0 aliphatic carbocycles. The average molecular weight is 461 g/mol. The number of imide groups is 1. The number of nitrogens with zero attached hydrogens (tertiary/aromatic N) is 2. The fourth-order valence-corrected chi connectivity index (χ4v) is 4.09. The van der Waals surface area contributed by atoms with Gasteiger partial charge in [-0.25, -0.2) is 0 Å². The Hall–Kier alpha value is -2.70. The lowest BCUT2D eigenvalue weighted by molar-refractivity contribution is -0.0681. The van der Waals surface area contributed by atoms with Gasteiger partial charge in [0.05, 0.1) is 17.7 Å². The first kappa shape index (κ1) is 22.5. The number of aromatic amines is 1. The van der Waals surface area contributed by atoms with Crippen LogP contribution in [0, 0.1) is 11.7 Å². The minimum Gasteiger partial charge on any atom is -0.387 e. The number of aliphatic hydroxyl groups excluding tert-OH is 2. The van der Waals surface area contributed by atoms with E-state index in [1.54, 1.807) is 31.2 Å². The molecule has 2 aromatic rings. The van der Waals surface area contributed by atoms with Gasteiger partial charge in [0.15, 0.2) is 11.0 Å². The Labute approximate surface area is 188 Å². The van der Waals surface area contributed by atoms with Crippen molar-refractivity contribution in [1.82, 2.24) is 14.5 Å². The van der Waals surface area contributed by atoms with Crippen LogP contribution in [0.4, 0.5) is 0 Å². The minimum absolute atomic E-state index is 0.00744. The number of carbonyl (C=O) groups is 2. The molecule has 1 saturated heterocycles. The van der Waals surface area contributed by atoms with E-state index in [2.05, 4.69) is 4.98 Å². The zero-order chi connectivity index (χ0) is 23.0. The number of aryl methyl sites for hydroxylation is 1. The SMILES string of the molecule is Cc1cn([C@@H]2O[C@H](COCCCN3C(=O)c4ccccc4C3=O)[C@@H](O)[C@H]2O)c(=S)[nH]c1=O. The van der Waals surface area contributed by atoms with E-state index in [0.29, 0.717) is 23.1 Å². The second-order valence-corrected chi connectivity index (χ2v) is 8.15. The second-order valence-electron chi connectivity index (χ2n) is 7.76. The molecule has 2 amide bonds. The van der Waals surface area contributed by atoms with Crippen molar-refractivity contribution in [1.29, 1.82) is 0 Å². The van der Waals surface area contributed by atoms with Crippen LogP contribution in [0.1, 0.15) is 38.9 Å². The smallest absolute Gasteiger partial charge is 0.261 e. The number of fused-ring (bicyclic) bond motifs is 1. The third-order valence-corrected chi connectivity index (χ3v) is 5.90. The highest BCUT2D eigenvalue weighted by Gasteiger charge is 2.44. The van der Waals surface area contributed by atoms with Crippen LogP contribution in [-0.4, -0.2) is 74.5 Å². The Morgan fingerprint density at radius 3 is 2.44 bits per heavy atom. The van der Waals surface area contributed by atoms with Gasteiger partial charge < -0.3 is 19.7 Å². The molecule has 170 valence electrons. The summed E-state index contributed by atoms with van der Waals surface area (Å²) in [5.41, 5.74) is 0.850. The number of ether oxygens (including phenoxy) is 2. The van der Waals surface area contributed by atoms with Gasteiger partial charge >= 0.3 is 0 Å². The van der Waals surface area contributed by atoms with Gasteiger partial charge in [-0.3, -0.25) is 28.8 Å². The van der Waals surface area contributed by atoms with Crippen LogP contribution in [0.5, 0.6) is 0 Å². The van der Waals surface area contributed by atoms with E-state index in [0.717, 1.165) is 0 Å². The molecule has 2 aliphatic rings. The van der Waals surface area contributed by atoms with Crippen molar-refractivity contribution in [2.24, 2.45) is 0 Å². The lowest BCUT2D eigenvalue weighted by Crippen LogP contribution is -2.34. The number of amides is 2. The summed E-state index contributed by atoms with van der Waals surface area (Å²) in [5.74, 6) is -0.641. The van der Waals surface area contributed by atoms with Crippen LogP contribution in [0.2, 0.25) is 0 Å². The number of hydrogen-bond acceptors (Lipinski definition) is 8. The Morgan fingerprint density at radius 1 is 1.12 bits per heavy atom. The summed E-state index contributed by atoms with van der Waals surface area (Å²) in [6.07, 6.45) is -2.40. The number of hydrogen-bond donors (Lipinski definition) is 3. The van der Waals surface area contributed by atoms with Crippen LogP contribution in [0.15, 0.2) is 35.3 Å². The highest BCUT2D eigenvalue weighted by molar-refractivity contribution is 7.71. The molecule has 10 nitrogen and oxygen atoms in total. The fraction of sp³-hybridized carbons (Fsp3) is 0.429. The van der Waals surface area contributed by atoms with Crippen molar-refractivity contribution in [2.45, 2.75) is 37.9 Å². The summed E-state index contributed by atoms with van der Waals surface area (Å²) in [6.45, 7) is 2.01. The highest BCUT2D eigenvalue weighted by atomic mass is 32.1. The molecule has 3 N–H and O–H groups in total. The molecule has 4 rings (SSSR count). The molecule has 11 heteroatoms. The Balaban J connectivity index is 1.29. The summed E-state index contributed by atoms with van der Waals surface area (Å²) in [7, 11) is 0. The van der Waals surface area contributed by atoms with Crippen molar-refractivity contribution in [3.8, 4) is 0 Å². The van der Waals surface area contributed by atoms with Crippen molar-refractivity contribution < 1.29 is 29.3 Å². The lowest BCUT2D eigenvalue weighted by atomic mass is 10.1. The largest absolute Gasteiger partial charge is 0.387 e. The fourth-order valence-electron chi connectivity index (χ4n) is 3.84. The molecule has 32 heavy (non-hydrogen) atoms. The van der Waals surface area contributed by atoms with Gasteiger partial charge in [-0.2, -0.15) is 0 Å². The number of carbonyl (C=O) groups excluding carboxylic acids is 2. The maximum absolute atomic E-state index is 12.4. The molecule has 0 saturated carbocycles. The molecule has 1 aromatic carbocycles. The van der Waals surface area contributed by atoms with E-state index in [4.69, 9.17) is 21.7 Å². The zero-order valence-corrected chi connectivity index (χ0v) is 18.1. The number of benzene rings is 1. The number of nitrogens with one attached hydrogen (secondary N) is 1. The maximum atomic E-state index is 12.4. The summed E-state index contributed by atoms with van der Waals surface area (Å²) in [5, 5.41) is 20.7. The molecular weight excluding hydrogens is 438 g/mol. The van der Waals surface area contributed by atoms with Gasteiger partial charge in [-0.1, -0.05) is 12.1 Å². The third kappa shape index (κ3) is 4.05. The van der Waals surface area contributed by atoms with Crippen molar-refractivity contribution in [3.63, 3.8) is 0 Å². The number of rotatable bonds is 7. The van der Waals surface area contributed by atoms with Crippen molar-refractivity contribution >= 4 is 24.0 Å². The third-order valence-electron chi connectivity index (χ3n) is 5.59. The van der Waals surface area contributed by atoms with Gasteiger partial charge in [-0.05, 0) is 37.7 Å². The van der Waals surface area contributed by atoms with Crippen LogP contribution in [0.25, 0.3) is 0 Å². The van der Waals surface area contributed by atoms with E-state index in [1.165, 1.54) is 15.7 Å². The first-order valence-electron chi connectivity index (χ1n) is 10.2. The summed E-state index contributed by atoms with van der Waals surface area (Å²) >= 11 is 5.13. The Kier molecular flexibility index (Phi) is 6.35. The summed E-state index contributed by atoms with van der Waals surface area (Å²) in [6, 6.07) is 6.69. The van der Waals surface area contributed by atoms with Gasteiger partial charge in [-0.15, -0.1) is 0 Å². The predicted molar refractivity (Wildman–Crippen MR) is 114 cm³/mol. The van der Waals surface area contributed by atoms with E-state index < -0.39 is 24.5 Å². The average Bonchev–Trinajstić information content (AvgIpc) is 3.19. The number of H-pyrrole nitrogens is 1. The molecule has 1 aromatic heterocycles. The van der Waals surface area contributed by atoms with Crippen LogP contribution in [-0.2, 0) is 9.47 Å². The van der Waals surface area contributed by atoms with Gasteiger partial charge in [0, 0.05) is 24.9 Å². The summed E-state index contributed by atoms with van der Waals surface area (Å²) in [4.78, 5) is 40.1. The predicted octanol–water partition coefficient (Wildman–Crippen LogP) is 0.536. The van der Waals surface area contributed by atoms with E-state index in [-0.39, 0.29) is 41.9 Å². The van der Waals surface area contributed by atoms with E-state index in [9.17, 15) is 24.6 Å². The van der Waals surface area contributed by atoms with Crippen molar-refractivity contribution in [2.75, 3.05) is 19.8 Å². The van der Waals surface area contributed by atoms with Crippen LogP contribution in [0.3, 0.4) is 0 Å². The minimum atomic E-state index is -1.26. The molecule has 0 bridgehead atoms. The van der Waals surface area contributed by atoms with Crippen molar-refractivity contribution in [3.05, 3.63) is 62.3 Å². The first-order valence-corrected chi connectivity index (χ1v) is 10.6. The molecular formula is C21H23N3O7S. The number of aromatic nitrogens is 2. The topological polar surface area (TPSA) is 134 Å². The molecule has 4 atom stereocenters. The maximum Gasteiger partial charge on any atom is 0.261 e. The van der Waals surface area contributed by atoms with Gasteiger partial charge in [0.1, 0.15) is 18.3 Å². The molecule has 0 radical (unpaired) electrons. The highest BCUT2D eigenvalue weighted by Crippen LogP contribution is 2.29. The monoisotopic (exact) mass is 461 g/mol. The van der Waals surface area contributed by atoms with E-state index >= 15 is 0 Å². The Bertz CT molecular complexity index is 1130. The van der Waals surface area contributed by atoms with Crippen LogP contribution >= 0.6 is 12.2 Å². The van der Waals surface area contributed by atoms with Crippen LogP contribution < -0.4 is 5.56 Å². The molecule has 1 fully saturated rings. The second kappa shape index (κ2) is 9.04. The van der Waals surface area contributed by atoms with E-state index in [1.807, 2.05) is 0 Å². The molecule has 2 aliphatic heterocycles. The standard InChI is InChI=1S/C21H23N3O7S/c1-11-9-24(21(32)22-17(11)27)20-16(26)15(25)14(31-20)10-30-8-4-7-23-18(28)12-5-2-3-6-13(12)19(23)29/h2-3,5-6,9,14-16,20,25-26H,4,7-8,10H2,1H3,(H,22,27,32)/t14-,15-,16-,20-/m1/s1. The summed E-state index contributed by atoms with van der Waals surface area (Å²) < 4.78 is 12.8. The zero-order valence-electron chi connectivity index (χ0n) is 17.3. The molecule has 3 heterocycles. The first-order chi connectivity index (χ1) is 15.3. The normalized spacial score (nSPS) is 24.9. The molecule has 0 spiro atoms. The Morgan fingerprint density at radius 2 is 1.78 bits per heavy atom. The lowest BCUT2D eigenvalue weighted by Gasteiger charge is -2.18.